The molecule has 0 unspecified atom stereocenters. The fourth-order valence-corrected chi connectivity index (χ4v) is 3.40. The highest BCUT2D eigenvalue weighted by molar-refractivity contribution is 9.08. The lowest BCUT2D eigenvalue weighted by Crippen LogP contribution is -2.01. The molecule has 0 radical (unpaired) electrons. The first kappa shape index (κ1) is 14.7. The number of rotatable bonds is 5. The van der Waals surface area contributed by atoms with Gasteiger partial charge < -0.3 is 9.47 Å². The van der Waals surface area contributed by atoms with Gasteiger partial charge in [0.2, 0.25) is 0 Å². The molecule has 7 heteroatoms. The summed E-state index contributed by atoms with van der Waals surface area (Å²) in [6.07, 6.45) is 3.94. The Bertz CT molecular complexity index is 718. The molecule has 0 bridgehead atoms. The minimum absolute atomic E-state index is 0.381. The van der Waals surface area contributed by atoms with Crippen LogP contribution in [-0.2, 0) is 11.9 Å². The van der Waals surface area contributed by atoms with Gasteiger partial charge in [0.25, 0.3) is 0 Å². The molecule has 0 fully saturated rings. The number of methoxy groups -OCH3 is 1. The van der Waals surface area contributed by atoms with E-state index in [4.69, 9.17) is 21.1 Å². The number of hydrogen-bond acceptors (Lipinski definition) is 4. The van der Waals surface area contributed by atoms with Crippen LogP contribution < -0.4 is 9.47 Å². The van der Waals surface area contributed by atoms with Crippen LogP contribution in [0.1, 0.15) is 11.3 Å². The van der Waals surface area contributed by atoms with E-state index in [2.05, 4.69) is 20.9 Å². The number of benzene rings is 1. The van der Waals surface area contributed by atoms with Gasteiger partial charge in [0.15, 0.2) is 16.5 Å². The molecule has 110 valence electrons. The number of nitrogens with zero attached hydrogens (tertiary/aromatic N) is 2. The van der Waals surface area contributed by atoms with Crippen molar-refractivity contribution in [1.29, 1.82) is 0 Å². The van der Waals surface area contributed by atoms with Gasteiger partial charge in [0.05, 0.1) is 12.8 Å². The fourth-order valence-electron chi connectivity index (χ4n) is 2.03. The monoisotopic (exact) mass is 386 g/mol. The van der Waals surface area contributed by atoms with E-state index >= 15 is 0 Å². The molecule has 0 atom stereocenters. The van der Waals surface area contributed by atoms with Crippen LogP contribution >= 0.6 is 38.9 Å². The van der Waals surface area contributed by atoms with Crippen molar-refractivity contribution in [3.8, 4) is 11.5 Å². The first-order valence-corrected chi connectivity index (χ1v) is 8.55. The van der Waals surface area contributed by atoms with Crippen molar-refractivity contribution in [2.45, 2.75) is 11.9 Å². The third-order valence-corrected chi connectivity index (χ3v) is 4.56. The van der Waals surface area contributed by atoms with E-state index < -0.39 is 0 Å². The van der Waals surface area contributed by atoms with Crippen molar-refractivity contribution in [1.82, 2.24) is 9.38 Å². The molecule has 3 aromatic rings. The third kappa shape index (κ3) is 3.02. The van der Waals surface area contributed by atoms with Crippen molar-refractivity contribution < 1.29 is 9.47 Å². The van der Waals surface area contributed by atoms with Crippen molar-refractivity contribution >= 4 is 43.8 Å². The van der Waals surface area contributed by atoms with Crippen LogP contribution in [0.4, 0.5) is 0 Å². The molecular weight excluding hydrogens is 376 g/mol. The molecule has 0 saturated carbocycles. The van der Waals surface area contributed by atoms with Gasteiger partial charge in [-0.3, -0.25) is 4.40 Å². The lowest BCUT2D eigenvalue weighted by molar-refractivity contribution is 0.279. The Morgan fingerprint density at radius 3 is 3.00 bits per heavy atom. The normalized spacial score (nSPS) is 11.0. The van der Waals surface area contributed by atoms with Crippen molar-refractivity contribution in [3.05, 3.63) is 46.2 Å². The molecule has 0 amide bonds. The lowest BCUT2D eigenvalue weighted by Gasteiger charge is -2.14. The van der Waals surface area contributed by atoms with Gasteiger partial charge in [0, 0.05) is 39.8 Å². The largest absolute Gasteiger partial charge is 0.493 e. The summed E-state index contributed by atoms with van der Waals surface area (Å²) in [6, 6.07) is 3.61. The Morgan fingerprint density at radius 1 is 1.43 bits per heavy atom. The molecule has 2 aromatic heterocycles. The topological polar surface area (TPSA) is 35.8 Å². The zero-order valence-corrected chi connectivity index (χ0v) is 14.3. The van der Waals surface area contributed by atoms with E-state index in [1.54, 1.807) is 24.5 Å². The number of ether oxygens (including phenoxy) is 2. The molecule has 0 aliphatic carbocycles. The lowest BCUT2D eigenvalue weighted by atomic mass is 10.2. The van der Waals surface area contributed by atoms with Gasteiger partial charge in [-0.2, -0.15) is 0 Å². The summed E-state index contributed by atoms with van der Waals surface area (Å²) in [5, 5.41) is 3.26. The van der Waals surface area contributed by atoms with E-state index in [0.717, 1.165) is 16.2 Å². The first-order valence-electron chi connectivity index (χ1n) is 6.17. The summed E-state index contributed by atoms with van der Waals surface area (Å²) in [4.78, 5) is 5.45. The second-order valence-electron chi connectivity index (χ2n) is 4.34. The number of alkyl halides is 1. The number of thiazole rings is 1. The van der Waals surface area contributed by atoms with Gasteiger partial charge in [0.1, 0.15) is 6.61 Å². The van der Waals surface area contributed by atoms with Crippen LogP contribution in [-0.4, -0.2) is 16.5 Å². The van der Waals surface area contributed by atoms with Gasteiger partial charge >= 0.3 is 0 Å². The maximum absolute atomic E-state index is 6.06. The maximum Gasteiger partial charge on any atom is 0.193 e. The summed E-state index contributed by atoms with van der Waals surface area (Å²) >= 11 is 11.1. The van der Waals surface area contributed by atoms with Crippen molar-refractivity contribution in [3.63, 3.8) is 0 Å². The molecule has 0 N–H and O–H groups in total. The second kappa shape index (κ2) is 6.25. The Balaban J connectivity index is 1.85. The van der Waals surface area contributed by atoms with Crippen molar-refractivity contribution in [2.24, 2.45) is 0 Å². The minimum Gasteiger partial charge on any atom is -0.493 e. The molecule has 0 spiro atoms. The van der Waals surface area contributed by atoms with Gasteiger partial charge in [-0.15, -0.1) is 11.3 Å². The molecule has 0 aliphatic rings. The summed E-state index contributed by atoms with van der Waals surface area (Å²) < 4.78 is 13.2. The summed E-state index contributed by atoms with van der Waals surface area (Å²) in [5.41, 5.74) is 1.82. The number of imidazole rings is 1. The minimum atomic E-state index is 0.381. The molecule has 1 aromatic carbocycles. The first-order chi connectivity index (χ1) is 10.2. The Kier molecular flexibility index (Phi) is 4.37. The fraction of sp³-hybridized carbons (Fsp3) is 0.214. The van der Waals surface area contributed by atoms with Crippen LogP contribution in [0.25, 0.3) is 4.96 Å². The van der Waals surface area contributed by atoms with Crippen LogP contribution in [0.2, 0.25) is 5.02 Å². The zero-order valence-electron chi connectivity index (χ0n) is 11.2. The molecule has 0 saturated heterocycles. The SMILES string of the molecule is COc1cc(Cl)cc(CBr)c1OCc1cn2ccsc2n1. The van der Waals surface area contributed by atoms with Gasteiger partial charge in [-0.05, 0) is 6.07 Å². The van der Waals surface area contributed by atoms with E-state index in [1.165, 1.54) is 0 Å². The average Bonchev–Trinajstić information content (AvgIpc) is 3.05. The number of halogens is 2. The predicted octanol–water partition coefficient (Wildman–Crippen LogP) is 4.53. The van der Waals surface area contributed by atoms with E-state index in [0.29, 0.717) is 28.5 Å². The Hall–Kier alpha value is -1.24. The number of hydrogen-bond donors (Lipinski definition) is 0. The molecule has 4 nitrogen and oxygen atoms in total. The maximum atomic E-state index is 6.06. The molecule has 3 rings (SSSR count). The standard InChI is InChI=1S/C14H12BrClN2O2S/c1-19-12-5-10(16)4-9(6-15)13(12)20-8-11-7-18-2-3-21-14(18)17-11/h2-5,7H,6,8H2,1H3. The molecule has 0 aliphatic heterocycles. The zero-order chi connectivity index (χ0) is 14.8. The molecule has 21 heavy (non-hydrogen) atoms. The number of fused-ring (bicyclic) bond motifs is 1. The van der Waals surface area contributed by atoms with Crippen LogP contribution in [0, 0.1) is 0 Å². The van der Waals surface area contributed by atoms with E-state index in [1.807, 2.05) is 28.2 Å². The quantitative estimate of drug-likeness (QED) is 0.603. The van der Waals surface area contributed by atoms with Crippen molar-refractivity contribution in [2.75, 3.05) is 7.11 Å². The van der Waals surface area contributed by atoms with E-state index in [9.17, 15) is 0 Å². The second-order valence-corrected chi connectivity index (χ2v) is 6.21. The Morgan fingerprint density at radius 2 is 2.29 bits per heavy atom. The highest BCUT2D eigenvalue weighted by atomic mass is 79.9. The third-order valence-electron chi connectivity index (χ3n) is 2.97. The summed E-state index contributed by atoms with van der Waals surface area (Å²) in [6.45, 7) is 0.381. The molecule has 2 heterocycles. The van der Waals surface area contributed by atoms with Crippen LogP contribution in [0.15, 0.2) is 29.9 Å². The highest BCUT2D eigenvalue weighted by Gasteiger charge is 2.13. The van der Waals surface area contributed by atoms with Gasteiger partial charge in [-0.25, -0.2) is 4.98 Å². The van der Waals surface area contributed by atoms with Crippen LogP contribution in [0.5, 0.6) is 11.5 Å². The summed E-state index contributed by atoms with van der Waals surface area (Å²) in [7, 11) is 1.60. The predicted molar refractivity (Wildman–Crippen MR) is 88.0 cm³/mol. The van der Waals surface area contributed by atoms with Gasteiger partial charge in [-0.1, -0.05) is 27.5 Å². The average molecular weight is 388 g/mol. The smallest absolute Gasteiger partial charge is 0.193 e. The Labute approximate surface area is 139 Å². The highest BCUT2D eigenvalue weighted by Crippen LogP contribution is 2.36. The van der Waals surface area contributed by atoms with E-state index in [-0.39, 0.29) is 0 Å². The number of aromatic nitrogens is 2. The summed E-state index contributed by atoms with van der Waals surface area (Å²) in [5.74, 6) is 1.31. The molecular formula is C14H12BrClN2O2S. The van der Waals surface area contributed by atoms with Crippen LogP contribution in [0.3, 0.4) is 0 Å².